The summed E-state index contributed by atoms with van der Waals surface area (Å²) in [6.45, 7) is 1.75. The molecule has 1 saturated heterocycles. The van der Waals surface area contributed by atoms with E-state index in [1.807, 2.05) is 0 Å². The first-order valence-corrected chi connectivity index (χ1v) is 10.8. The van der Waals surface area contributed by atoms with Gasteiger partial charge in [0.05, 0.1) is 18.1 Å². The van der Waals surface area contributed by atoms with Gasteiger partial charge in [0, 0.05) is 10.6 Å². The van der Waals surface area contributed by atoms with E-state index in [0.717, 1.165) is 16.7 Å². The van der Waals surface area contributed by atoms with Crippen LogP contribution >= 0.6 is 23.4 Å². The van der Waals surface area contributed by atoms with Crippen LogP contribution < -0.4 is 14.2 Å². The lowest BCUT2D eigenvalue weighted by Crippen LogP contribution is -2.32. The first kappa shape index (κ1) is 23.5. The molecule has 1 aliphatic rings. The Morgan fingerprint density at radius 1 is 1.12 bits per heavy atom. The van der Waals surface area contributed by atoms with Crippen molar-refractivity contribution in [2.45, 2.75) is 6.92 Å². The van der Waals surface area contributed by atoms with Crippen molar-refractivity contribution < 1.29 is 33.7 Å². The van der Waals surface area contributed by atoms with Gasteiger partial charge in [-0.25, -0.2) is 4.79 Å². The fourth-order valence-electron chi connectivity index (χ4n) is 2.82. The van der Waals surface area contributed by atoms with Gasteiger partial charge in [0.15, 0.2) is 18.1 Å². The number of amides is 2. The van der Waals surface area contributed by atoms with Crippen molar-refractivity contribution >= 4 is 46.6 Å². The van der Waals surface area contributed by atoms with Gasteiger partial charge in [-0.1, -0.05) is 23.7 Å². The van der Waals surface area contributed by atoms with E-state index >= 15 is 0 Å². The minimum atomic E-state index is -1.15. The molecule has 2 aromatic rings. The molecule has 0 saturated carbocycles. The number of hydrogen-bond donors (Lipinski definition) is 1. The molecule has 0 radical (unpaired) electrons. The highest BCUT2D eigenvalue weighted by molar-refractivity contribution is 8.18. The molecule has 32 heavy (non-hydrogen) atoms. The van der Waals surface area contributed by atoms with Gasteiger partial charge in [0.1, 0.15) is 12.4 Å². The molecular formula is C22H20ClNO7S. The Bertz CT molecular complexity index is 1040. The summed E-state index contributed by atoms with van der Waals surface area (Å²) < 4.78 is 16.5. The molecule has 0 unspecified atom stereocenters. The molecule has 0 aliphatic carbocycles. The van der Waals surface area contributed by atoms with Gasteiger partial charge in [-0.05, 0) is 55.1 Å². The predicted molar refractivity (Wildman–Crippen MR) is 120 cm³/mol. The van der Waals surface area contributed by atoms with Crippen molar-refractivity contribution in [3.8, 4) is 17.2 Å². The molecule has 8 nitrogen and oxygen atoms in total. The van der Waals surface area contributed by atoms with Crippen molar-refractivity contribution in [3.05, 3.63) is 58.0 Å². The molecule has 1 aliphatic heterocycles. The summed E-state index contributed by atoms with van der Waals surface area (Å²) in [5, 5.41) is 9.11. The van der Waals surface area contributed by atoms with E-state index < -0.39 is 23.7 Å². The third kappa shape index (κ3) is 5.95. The lowest BCUT2D eigenvalue weighted by Gasteiger charge is -2.14. The highest BCUT2D eigenvalue weighted by atomic mass is 35.5. The Hall–Kier alpha value is -3.17. The molecule has 0 atom stereocenters. The van der Waals surface area contributed by atoms with Crippen LogP contribution in [0.15, 0.2) is 47.4 Å². The number of hydrogen-bond acceptors (Lipinski definition) is 7. The van der Waals surface area contributed by atoms with Gasteiger partial charge < -0.3 is 19.3 Å². The topological polar surface area (TPSA) is 102 Å². The first-order chi connectivity index (χ1) is 15.4. The number of aliphatic carboxylic acids is 1. The number of carbonyl (C=O) groups is 3. The van der Waals surface area contributed by atoms with Crippen molar-refractivity contribution in [1.29, 1.82) is 0 Å². The average Bonchev–Trinajstić information content (AvgIpc) is 3.02. The van der Waals surface area contributed by atoms with Crippen LogP contribution in [0.1, 0.15) is 12.5 Å². The maximum Gasteiger partial charge on any atom is 0.341 e. The molecule has 168 valence electrons. The molecule has 2 aromatic carbocycles. The number of thioether (sulfide) groups is 1. The van der Waals surface area contributed by atoms with Crippen LogP contribution in [0.4, 0.5) is 4.79 Å². The van der Waals surface area contributed by atoms with Gasteiger partial charge in [-0.2, -0.15) is 0 Å². The van der Waals surface area contributed by atoms with Gasteiger partial charge in [0.2, 0.25) is 0 Å². The zero-order valence-electron chi connectivity index (χ0n) is 17.1. The molecule has 3 rings (SSSR count). The third-order valence-corrected chi connectivity index (χ3v) is 5.37. The minimum Gasteiger partial charge on any atom is -0.492 e. The zero-order chi connectivity index (χ0) is 23.1. The van der Waals surface area contributed by atoms with Crippen LogP contribution in [0, 0.1) is 0 Å². The van der Waals surface area contributed by atoms with Gasteiger partial charge >= 0.3 is 5.97 Å². The number of carboxylic acid groups (broad SMARTS) is 1. The number of ether oxygens (including phenoxy) is 3. The number of benzene rings is 2. The summed E-state index contributed by atoms with van der Waals surface area (Å²) in [6, 6.07) is 11.7. The standard InChI is InChI=1S/C22H20ClNO7S/c1-2-29-17-5-3-4-14(20(17)31-13-19(25)26)12-18-21(27)24(22(28)32-18)10-11-30-16-8-6-15(23)7-9-16/h3-9,12H,2,10-11,13H2,1H3,(H,25,26)/b18-12-. The lowest BCUT2D eigenvalue weighted by atomic mass is 10.1. The van der Waals surface area contributed by atoms with E-state index in [-0.39, 0.29) is 23.8 Å². The van der Waals surface area contributed by atoms with Crippen molar-refractivity contribution in [2.75, 3.05) is 26.4 Å². The maximum absolute atomic E-state index is 12.8. The highest BCUT2D eigenvalue weighted by Gasteiger charge is 2.35. The second-order valence-corrected chi connectivity index (χ2v) is 7.86. The minimum absolute atomic E-state index is 0.0754. The Morgan fingerprint density at radius 3 is 2.56 bits per heavy atom. The number of carbonyl (C=O) groups excluding carboxylic acids is 2. The molecule has 0 aromatic heterocycles. The van der Waals surface area contributed by atoms with Crippen molar-refractivity contribution in [3.63, 3.8) is 0 Å². The van der Waals surface area contributed by atoms with Crippen LogP contribution in [0.5, 0.6) is 17.2 Å². The number of halogens is 1. The van der Waals surface area contributed by atoms with E-state index in [4.69, 9.17) is 30.9 Å². The third-order valence-electron chi connectivity index (χ3n) is 4.21. The molecule has 0 bridgehead atoms. The normalized spacial score (nSPS) is 14.7. The maximum atomic E-state index is 12.8. The largest absolute Gasteiger partial charge is 0.492 e. The Labute approximate surface area is 193 Å². The quantitative estimate of drug-likeness (QED) is 0.505. The Morgan fingerprint density at radius 2 is 1.88 bits per heavy atom. The summed E-state index contributed by atoms with van der Waals surface area (Å²) in [7, 11) is 0. The van der Waals surface area contributed by atoms with Crippen molar-refractivity contribution in [2.24, 2.45) is 0 Å². The first-order valence-electron chi connectivity index (χ1n) is 9.63. The fraction of sp³-hybridized carbons (Fsp3) is 0.227. The van der Waals surface area contributed by atoms with Gasteiger partial charge in [0.25, 0.3) is 11.1 Å². The van der Waals surface area contributed by atoms with Crippen LogP contribution in [-0.2, 0) is 9.59 Å². The highest BCUT2D eigenvalue weighted by Crippen LogP contribution is 2.37. The SMILES string of the molecule is CCOc1cccc(/C=C2\SC(=O)N(CCOc3ccc(Cl)cc3)C2=O)c1OCC(=O)O. The lowest BCUT2D eigenvalue weighted by molar-refractivity contribution is -0.139. The van der Waals surface area contributed by atoms with Crippen LogP contribution in [0.3, 0.4) is 0 Å². The molecule has 0 spiro atoms. The second kappa shape index (κ2) is 10.9. The molecule has 2 amide bonds. The van der Waals surface area contributed by atoms with Gasteiger partial charge in [-0.3, -0.25) is 14.5 Å². The van der Waals surface area contributed by atoms with Crippen LogP contribution in [0.2, 0.25) is 5.02 Å². The number of para-hydroxylation sites is 1. The van der Waals surface area contributed by atoms with Crippen LogP contribution in [-0.4, -0.2) is 53.5 Å². The molecule has 1 heterocycles. The summed E-state index contributed by atoms with van der Waals surface area (Å²) in [5.41, 5.74) is 0.431. The molecule has 1 fully saturated rings. The Balaban J connectivity index is 1.74. The number of rotatable bonds is 10. The fourth-order valence-corrected chi connectivity index (χ4v) is 3.81. The monoisotopic (exact) mass is 477 g/mol. The van der Waals surface area contributed by atoms with E-state index in [1.54, 1.807) is 49.4 Å². The van der Waals surface area contributed by atoms with E-state index in [2.05, 4.69) is 0 Å². The summed E-state index contributed by atoms with van der Waals surface area (Å²) in [6.07, 6.45) is 1.49. The smallest absolute Gasteiger partial charge is 0.341 e. The molecule has 1 N–H and O–H groups in total. The summed E-state index contributed by atoms with van der Waals surface area (Å²) in [5.74, 6) is -0.508. The molecular weight excluding hydrogens is 458 g/mol. The Kier molecular flexibility index (Phi) is 8.02. The average molecular weight is 478 g/mol. The summed E-state index contributed by atoms with van der Waals surface area (Å²) >= 11 is 6.63. The van der Waals surface area contributed by atoms with E-state index in [0.29, 0.717) is 28.7 Å². The number of carboxylic acids is 1. The van der Waals surface area contributed by atoms with Gasteiger partial charge in [-0.15, -0.1) is 0 Å². The second-order valence-electron chi connectivity index (χ2n) is 6.43. The predicted octanol–water partition coefficient (Wildman–Crippen LogP) is 4.32. The van der Waals surface area contributed by atoms with Crippen molar-refractivity contribution in [1.82, 2.24) is 4.90 Å². The molecule has 10 heteroatoms. The van der Waals surface area contributed by atoms with E-state index in [1.165, 1.54) is 6.08 Å². The van der Waals surface area contributed by atoms with Crippen LogP contribution in [0.25, 0.3) is 6.08 Å². The number of imide groups is 1. The van der Waals surface area contributed by atoms with E-state index in [9.17, 15) is 14.4 Å². The zero-order valence-corrected chi connectivity index (χ0v) is 18.6. The summed E-state index contributed by atoms with van der Waals surface area (Å²) in [4.78, 5) is 37.4. The number of nitrogens with zero attached hydrogens (tertiary/aromatic N) is 1.